The zero-order valence-corrected chi connectivity index (χ0v) is 13.5. The number of carbonyl (C=O) groups is 1. The van der Waals surface area contributed by atoms with E-state index >= 15 is 0 Å². The van der Waals surface area contributed by atoms with Crippen LogP contribution in [0.4, 0.5) is 11.4 Å². The molecule has 1 aliphatic rings. The maximum absolute atomic E-state index is 11.5. The predicted molar refractivity (Wildman–Crippen MR) is 88.6 cm³/mol. The molecule has 1 fully saturated rings. The second-order valence-electron chi connectivity index (χ2n) is 6.00. The fraction of sp³-hybridized carbons (Fsp3) is 0.533. The first-order valence-electron chi connectivity index (χ1n) is 7.62. The van der Waals surface area contributed by atoms with Gasteiger partial charge >= 0.3 is 0 Å². The summed E-state index contributed by atoms with van der Waals surface area (Å²) in [5, 5.41) is 14.1. The first kappa shape index (κ1) is 17.2. The number of hydrogen-bond donors (Lipinski definition) is 2. The number of nitro benzene ring substituents is 1. The quantitative estimate of drug-likeness (QED) is 0.591. The van der Waals surface area contributed by atoms with Crippen LogP contribution in [0.3, 0.4) is 0 Å². The maximum Gasteiger partial charge on any atom is 0.270 e. The van der Waals surface area contributed by atoms with Gasteiger partial charge in [-0.3, -0.25) is 19.8 Å². The Balaban J connectivity index is 2.03. The molecule has 0 aliphatic carbocycles. The number of anilines is 1. The molecule has 126 valence electrons. The van der Waals surface area contributed by atoms with Crippen molar-refractivity contribution in [3.05, 3.63) is 33.9 Å². The number of nitro groups is 1. The van der Waals surface area contributed by atoms with E-state index in [0.29, 0.717) is 5.69 Å². The smallest absolute Gasteiger partial charge is 0.270 e. The lowest BCUT2D eigenvalue weighted by Gasteiger charge is -2.34. The summed E-state index contributed by atoms with van der Waals surface area (Å²) >= 11 is 0. The van der Waals surface area contributed by atoms with Gasteiger partial charge in [0.2, 0.25) is 0 Å². The Morgan fingerprint density at radius 2 is 2.04 bits per heavy atom. The van der Waals surface area contributed by atoms with Crippen molar-refractivity contribution >= 4 is 17.3 Å². The van der Waals surface area contributed by atoms with Gasteiger partial charge in [0.15, 0.2) is 0 Å². The summed E-state index contributed by atoms with van der Waals surface area (Å²) in [6, 6.07) is 4.22. The van der Waals surface area contributed by atoms with Gasteiger partial charge in [0.1, 0.15) is 0 Å². The lowest BCUT2D eigenvalue weighted by Crippen LogP contribution is -2.47. The normalized spacial score (nSPS) is 17.7. The van der Waals surface area contributed by atoms with Gasteiger partial charge in [0.25, 0.3) is 11.6 Å². The molecule has 0 aromatic heterocycles. The number of carbonyl (C=O) groups excluding carboxylic acids is 1. The maximum atomic E-state index is 11.5. The Bertz CT molecular complexity index is 584. The van der Waals surface area contributed by atoms with Crippen LogP contribution in [0.1, 0.15) is 17.3 Å². The molecular weight excluding hydrogens is 298 g/mol. The molecule has 0 saturated carbocycles. The van der Waals surface area contributed by atoms with Crippen molar-refractivity contribution in [1.82, 2.24) is 9.80 Å². The first-order valence-corrected chi connectivity index (χ1v) is 7.62. The average Bonchev–Trinajstić information content (AvgIpc) is 2.49. The van der Waals surface area contributed by atoms with Crippen LogP contribution in [0.25, 0.3) is 0 Å². The molecule has 1 amide bonds. The molecule has 2 rings (SSSR count). The van der Waals surface area contributed by atoms with Gasteiger partial charge in [-0.2, -0.15) is 0 Å². The van der Waals surface area contributed by atoms with Gasteiger partial charge < -0.3 is 16.0 Å². The van der Waals surface area contributed by atoms with Gasteiger partial charge in [-0.15, -0.1) is 0 Å². The Kier molecular flexibility index (Phi) is 5.51. The average molecular weight is 321 g/mol. The highest BCUT2D eigenvalue weighted by molar-refractivity contribution is 5.99. The fourth-order valence-electron chi connectivity index (χ4n) is 2.70. The molecule has 1 atom stereocenters. The minimum absolute atomic E-state index is 0.0953. The van der Waals surface area contributed by atoms with Gasteiger partial charge in [-0.05, 0) is 20.0 Å². The number of nitrogens with one attached hydrogen (secondary N) is 1. The summed E-state index contributed by atoms with van der Waals surface area (Å²) in [5.74, 6) is -0.678. The molecule has 1 unspecified atom stereocenters. The van der Waals surface area contributed by atoms with Crippen LogP contribution in [-0.4, -0.2) is 66.4 Å². The summed E-state index contributed by atoms with van der Waals surface area (Å²) in [7, 11) is 2.11. The molecule has 8 heteroatoms. The van der Waals surface area contributed by atoms with E-state index in [2.05, 4.69) is 22.2 Å². The van der Waals surface area contributed by atoms with Crippen LogP contribution in [-0.2, 0) is 0 Å². The van der Waals surface area contributed by atoms with E-state index in [1.54, 1.807) is 6.07 Å². The van der Waals surface area contributed by atoms with Gasteiger partial charge in [0.05, 0.1) is 10.5 Å². The Hall–Kier alpha value is -2.19. The second kappa shape index (κ2) is 7.38. The molecular formula is C15H23N5O3. The molecule has 3 N–H and O–H groups in total. The third-order valence-corrected chi connectivity index (χ3v) is 4.01. The molecule has 1 saturated heterocycles. The van der Waals surface area contributed by atoms with Crippen LogP contribution >= 0.6 is 0 Å². The van der Waals surface area contributed by atoms with E-state index in [-0.39, 0.29) is 17.3 Å². The molecule has 0 radical (unpaired) electrons. The molecule has 0 spiro atoms. The van der Waals surface area contributed by atoms with E-state index in [1.165, 1.54) is 12.1 Å². The second-order valence-corrected chi connectivity index (χ2v) is 6.00. The van der Waals surface area contributed by atoms with Crippen molar-refractivity contribution in [3.63, 3.8) is 0 Å². The Labute approximate surface area is 135 Å². The molecule has 1 heterocycles. The topological polar surface area (TPSA) is 105 Å². The number of hydrogen-bond acceptors (Lipinski definition) is 6. The molecule has 1 aromatic carbocycles. The molecule has 1 aliphatic heterocycles. The molecule has 0 bridgehead atoms. The number of rotatable bonds is 6. The SMILES string of the molecule is CC(CN1CCN(C)CC1)Nc1ccc([N+](=O)[O-])cc1C(N)=O. The number of nitrogens with zero attached hydrogens (tertiary/aromatic N) is 3. The minimum atomic E-state index is -0.678. The van der Waals surface area contributed by atoms with E-state index in [0.717, 1.165) is 32.7 Å². The summed E-state index contributed by atoms with van der Waals surface area (Å²) in [5.41, 5.74) is 5.87. The van der Waals surface area contributed by atoms with E-state index < -0.39 is 10.8 Å². The van der Waals surface area contributed by atoms with Crippen LogP contribution in [0.2, 0.25) is 0 Å². The van der Waals surface area contributed by atoms with Crippen LogP contribution < -0.4 is 11.1 Å². The third-order valence-electron chi connectivity index (χ3n) is 4.01. The van der Waals surface area contributed by atoms with Gasteiger partial charge in [-0.1, -0.05) is 0 Å². The first-order chi connectivity index (χ1) is 10.9. The Morgan fingerprint density at radius 3 is 2.61 bits per heavy atom. The highest BCUT2D eigenvalue weighted by atomic mass is 16.6. The largest absolute Gasteiger partial charge is 0.381 e. The number of piperazine rings is 1. The minimum Gasteiger partial charge on any atom is -0.381 e. The summed E-state index contributed by atoms with van der Waals surface area (Å²) < 4.78 is 0. The summed E-state index contributed by atoms with van der Waals surface area (Å²) in [6.45, 7) is 6.94. The number of benzene rings is 1. The zero-order chi connectivity index (χ0) is 17.0. The monoisotopic (exact) mass is 321 g/mol. The lowest BCUT2D eigenvalue weighted by atomic mass is 10.1. The van der Waals surface area contributed by atoms with Crippen molar-refractivity contribution in [2.75, 3.05) is 45.1 Å². The van der Waals surface area contributed by atoms with Crippen molar-refractivity contribution < 1.29 is 9.72 Å². The highest BCUT2D eigenvalue weighted by Gasteiger charge is 2.19. The van der Waals surface area contributed by atoms with Crippen molar-refractivity contribution in [3.8, 4) is 0 Å². The number of nitrogens with two attached hydrogens (primary N) is 1. The number of non-ortho nitro benzene ring substituents is 1. The van der Waals surface area contributed by atoms with Gasteiger partial charge in [-0.25, -0.2) is 0 Å². The van der Waals surface area contributed by atoms with E-state index in [9.17, 15) is 14.9 Å². The number of primary amides is 1. The van der Waals surface area contributed by atoms with E-state index in [4.69, 9.17) is 5.73 Å². The van der Waals surface area contributed by atoms with Crippen LogP contribution in [0, 0.1) is 10.1 Å². The Morgan fingerprint density at radius 1 is 1.39 bits per heavy atom. The number of amides is 1. The van der Waals surface area contributed by atoms with Crippen molar-refractivity contribution in [1.29, 1.82) is 0 Å². The molecule has 8 nitrogen and oxygen atoms in total. The van der Waals surface area contributed by atoms with Crippen LogP contribution in [0.15, 0.2) is 18.2 Å². The highest BCUT2D eigenvalue weighted by Crippen LogP contribution is 2.22. The molecule has 23 heavy (non-hydrogen) atoms. The fourth-order valence-corrected chi connectivity index (χ4v) is 2.70. The van der Waals surface area contributed by atoms with Crippen LogP contribution in [0.5, 0.6) is 0 Å². The molecule has 1 aromatic rings. The van der Waals surface area contributed by atoms with Gasteiger partial charge in [0, 0.05) is 56.6 Å². The lowest BCUT2D eigenvalue weighted by molar-refractivity contribution is -0.384. The summed E-state index contributed by atoms with van der Waals surface area (Å²) in [4.78, 5) is 26.5. The number of likely N-dealkylation sites (N-methyl/N-ethyl adjacent to an activating group) is 1. The van der Waals surface area contributed by atoms with Crippen molar-refractivity contribution in [2.24, 2.45) is 5.73 Å². The van der Waals surface area contributed by atoms with Crippen molar-refractivity contribution in [2.45, 2.75) is 13.0 Å². The van der Waals surface area contributed by atoms with E-state index in [1.807, 2.05) is 6.92 Å². The predicted octanol–water partition coefficient (Wildman–Crippen LogP) is 0.742. The standard InChI is InChI=1S/C15H23N5O3/c1-11(10-19-7-5-18(2)6-8-19)17-14-4-3-12(20(22)23)9-13(14)15(16)21/h3-4,9,11,17H,5-8,10H2,1-2H3,(H2,16,21). The third kappa shape index (κ3) is 4.64. The summed E-state index contributed by atoms with van der Waals surface area (Å²) in [6.07, 6.45) is 0. The zero-order valence-electron chi connectivity index (χ0n) is 13.5.